The van der Waals surface area contributed by atoms with Crippen molar-refractivity contribution in [2.24, 2.45) is 0 Å². The number of ether oxygens (including phenoxy) is 1. The van der Waals surface area contributed by atoms with E-state index in [-0.39, 0.29) is 17.2 Å². The number of hydrogen-bond donors (Lipinski definition) is 2. The van der Waals surface area contributed by atoms with E-state index in [0.717, 1.165) is 29.8 Å². The highest BCUT2D eigenvalue weighted by molar-refractivity contribution is 7.99. The second kappa shape index (κ2) is 9.12. The fourth-order valence-corrected chi connectivity index (χ4v) is 2.79. The van der Waals surface area contributed by atoms with Gasteiger partial charge in [0.05, 0.1) is 12.9 Å². The van der Waals surface area contributed by atoms with Gasteiger partial charge in [0.2, 0.25) is 5.91 Å². The molecule has 0 fully saturated rings. The molecule has 2 rings (SSSR count). The lowest BCUT2D eigenvalue weighted by Gasteiger charge is -2.06. The van der Waals surface area contributed by atoms with Crippen molar-refractivity contribution in [2.45, 2.75) is 31.5 Å². The number of aryl methyl sites for hydroxylation is 1. The number of methoxy groups -OCH3 is 1. The number of H-pyrrole nitrogens is 1. The van der Waals surface area contributed by atoms with Gasteiger partial charge in [0.1, 0.15) is 5.75 Å². The van der Waals surface area contributed by atoms with Crippen LogP contribution in [0.3, 0.4) is 0 Å². The van der Waals surface area contributed by atoms with Gasteiger partial charge >= 0.3 is 0 Å². The number of hydrogen-bond acceptors (Lipinski definition) is 5. The summed E-state index contributed by atoms with van der Waals surface area (Å²) in [6.45, 7) is 2.48. The molecule has 1 aromatic carbocycles. The summed E-state index contributed by atoms with van der Waals surface area (Å²) in [6, 6.07) is 9.00. The molecule has 0 bridgehead atoms. The number of carbonyl (C=O) groups is 1. The van der Waals surface area contributed by atoms with Gasteiger partial charge < -0.3 is 15.0 Å². The number of benzene rings is 1. The molecular weight excluding hydrogens is 326 g/mol. The van der Waals surface area contributed by atoms with E-state index in [9.17, 15) is 9.59 Å². The minimum absolute atomic E-state index is 0.112. The van der Waals surface area contributed by atoms with E-state index in [1.165, 1.54) is 17.8 Å². The van der Waals surface area contributed by atoms with Gasteiger partial charge in [0.15, 0.2) is 5.16 Å². The van der Waals surface area contributed by atoms with Gasteiger partial charge in [-0.15, -0.1) is 0 Å². The largest absolute Gasteiger partial charge is 0.497 e. The summed E-state index contributed by atoms with van der Waals surface area (Å²) in [4.78, 5) is 30.5. The van der Waals surface area contributed by atoms with Crippen LogP contribution >= 0.6 is 11.8 Å². The topological polar surface area (TPSA) is 84.1 Å². The van der Waals surface area contributed by atoms with E-state index in [2.05, 4.69) is 15.3 Å². The first-order valence-corrected chi connectivity index (χ1v) is 8.72. The molecule has 1 heterocycles. The SMILES string of the molecule is CCCc1cc(=O)[nH]c(SCC(=O)NCc2ccc(OC)cc2)n1. The summed E-state index contributed by atoms with van der Waals surface area (Å²) < 4.78 is 5.09. The lowest BCUT2D eigenvalue weighted by atomic mass is 10.2. The van der Waals surface area contributed by atoms with Crippen LogP contribution in [0.4, 0.5) is 0 Å². The minimum atomic E-state index is -0.186. The number of carbonyl (C=O) groups excluding carboxylic acids is 1. The van der Waals surface area contributed by atoms with Gasteiger partial charge in [-0.3, -0.25) is 9.59 Å². The lowest BCUT2D eigenvalue weighted by Crippen LogP contribution is -2.24. The fraction of sp³-hybridized carbons (Fsp3) is 0.353. The van der Waals surface area contributed by atoms with Crippen molar-refractivity contribution in [3.8, 4) is 5.75 Å². The van der Waals surface area contributed by atoms with E-state index >= 15 is 0 Å². The van der Waals surface area contributed by atoms with Crippen LogP contribution in [0.25, 0.3) is 0 Å². The van der Waals surface area contributed by atoms with Crippen molar-refractivity contribution in [3.63, 3.8) is 0 Å². The molecular formula is C17H21N3O3S. The number of aromatic nitrogens is 2. The Balaban J connectivity index is 1.83. The highest BCUT2D eigenvalue weighted by Gasteiger charge is 2.06. The van der Waals surface area contributed by atoms with Crippen molar-refractivity contribution in [1.82, 2.24) is 15.3 Å². The van der Waals surface area contributed by atoms with Crippen LogP contribution in [-0.2, 0) is 17.8 Å². The first-order valence-electron chi connectivity index (χ1n) is 7.73. The second-order valence-corrected chi connectivity index (χ2v) is 6.17. The van der Waals surface area contributed by atoms with Crippen molar-refractivity contribution >= 4 is 17.7 Å². The summed E-state index contributed by atoms with van der Waals surface area (Å²) in [5.41, 5.74) is 1.56. The number of nitrogens with zero attached hydrogens (tertiary/aromatic N) is 1. The van der Waals surface area contributed by atoms with Crippen molar-refractivity contribution < 1.29 is 9.53 Å². The third kappa shape index (κ3) is 5.73. The van der Waals surface area contributed by atoms with Crippen molar-refractivity contribution in [3.05, 3.63) is 51.9 Å². The molecule has 0 atom stereocenters. The number of aromatic amines is 1. The van der Waals surface area contributed by atoms with Gasteiger partial charge in [-0.1, -0.05) is 37.2 Å². The molecule has 1 aromatic heterocycles. The van der Waals surface area contributed by atoms with E-state index in [0.29, 0.717) is 11.7 Å². The number of nitrogens with one attached hydrogen (secondary N) is 2. The first kappa shape index (κ1) is 18.1. The van der Waals surface area contributed by atoms with Gasteiger partial charge in [0.25, 0.3) is 5.56 Å². The maximum atomic E-state index is 11.9. The molecule has 7 heteroatoms. The molecule has 0 radical (unpaired) electrons. The quantitative estimate of drug-likeness (QED) is 0.565. The molecule has 0 unspecified atom stereocenters. The monoisotopic (exact) mass is 347 g/mol. The number of thioether (sulfide) groups is 1. The van der Waals surface area contributed by atoms with Crippen LogP contribution in [0.2, 0.25) is 0 Å². The molecule has 128 valence electrons. The van der Waals surface area contributed by atoms with E-state index in [1.807, 2.05) is 31.2 Å². The smallest absolute Gasteiger partial charge is 0.251 e. The predicted octanol–water partition coefficient (Wildman–Crippen LogP) is 2.14. The molecule has 6 nitrogen and oxygen atoms in total. The molecule has 2 N–H and O–H groups in total. The highest BCUT2D eigenvalue weighted by Crippen LogP contribution is 2.13. The zero-order valence-corrected chi connectivity index (χ0v) is 14.6. The Labute approximate surface area is 145 Å². The van der Waals surface area contributed by atoms with Crippen LogP contribution in [0.5, 0.6) is 5.75 Å². The van der Waals surface area contributed by atoms with Crippen LogP contribution in [0.15, 0.2) is 40.3 Å². The summed E-state index contributed by atoms with van der Waals surface area (Å²) >= 11 is 1.23. The van der Waals surface area contributed by atoms with Crippen molar-refractivity contribution in [1.29, 1.82) is 0 Å². The Hall–Kier alpha value is -2.28. The predicted molar refractivity (Wildman–Crippen MR) is 94.4 cm³/mol. The van der Waals surface area contributed by atoms with Gasteiger partial charge in [-0.25, -0.2) is 4.98 Å². The van der Waals surface area contributed by atoms with Gasteiger partial charge in [0, 0.05) is 18.3 Å². The van der Waals surface area contributed by atoms with E-state index in [1.54, 1.807) is 7.11 Å². The van der Waals surface area contributed by atoms with Crippen molar-refractivity contribution in [2.75, 3.05) is 12.9 Å². The van der Waals surface area contributed by atoms with Gasteiger partial charge in [-0.2, -0.15) is 0 Å². The normalized spacial score (nSPS) is 10.4. The Morgan fingerprint density at radius 3 is 2.75 bits per heavy atom. The molecule has 2 aromatic rings. The molecule has 0 aliphatic heterocycles. The van der Waals surface area contributed by atoms with E-state index in [4.69, 9.17) is 4.74 Å². The Morgan fingerprint density at radius 1 is 1.33 bits per heavy atom. The second-order valence-electron chi connectivity index (χ2n) is 5.21. The minimum Gasteiger partial charge on any atom is -0.497 e. The maximum absolute atomic E-state index is 11.9. The van der Waals surface area contributed by atoms with Crippen LogP contribution in [0.1, 0.15) is 24.6 Å². The number of amides is 1. The van der Waals surface area contributed by atoms with Crippen LogP contribution in [0, 0.1) is 0 Å². The molecule has 1 amide bonds. The standard InChI is InChI=1S/C17H21N3O3S/c1-3-4-13-9-15(21)20-17(19-13)24-11-16(22)18-10-12-5-7-14(23-2)8-6-12/h5-9H,3-4,10-11H2,1-2H3,(H,18,22)(H,19,20,21). The summed E-state index contributed by atoms with van der Waals surface area (Å²) in [5, 5.41) is 3.32. The average molecular weight is 347 g/mol. The zero-order chi connectivity index (χ0) is 17.4. The average Bonchev–Trinajstić information content (AvgIpc) is 2.58. The lowest BCUT2D eigenvalue weighted by molar-refractivity contribution is -0.118. The Kier molecular flexibility index (Phi) is 6.87. The first-order chi connectivity index (χ1) is 11.6. The molecule has 0 spiro atoms. The van der Waals surface area contributed by atoms with Crippen LogP contribution < -0.4 is 15.6 Å². The molecule has 24 heavy (non-hydrogen) atoms. The molecule has 0 aliphatic carbocycles. The summed E-state index contributed by atoms with van der Waals surface area (Å²) in [6.07, 6.45) is 1.67. The highest BCUT2D eigenvalue weighted by atomic mass is 32.2. The fourth-order valence-electron chi connectivity index (χ4n) is 2.07. The Bertz CT molecular complexity index is 729. The maximum Gasteiger partial charge on any atom is 0.251 e. The third-order valence-corrected chi connectivity index (χ3v) is 4.14. The molecule has 0 saturated carbocycles. The van der Waals surface area contributed by atoms with Gasteiger partial charge in [-0.05, 0) is 24.1 Å². The summed E-state index contributed by atoms with van der Waals surface area (Å²) in [7, 11) is 1.61. The van der Waals surface area contributed by atoms with Crippen LogP contribution in [-0.4, -0.2) is 28.7 Å². The van der Waals surface area contributed by atoms with E-state index < -0.39 is 0 Å². The Morgan fingerprint density at radius 2 is 2.08 bits per heavy atom. The molecule has 0 saturated heterocycles. The molecule has 0 aliphatic rings. The zero-order valence-electron chi connectivity index (χ0n) is 13.8. The summed E-state index contributed by atoms with van der Waals surface area (Å²) in [5.74, 6) is 0.872. The third-order valence-electron chi connectivity index (χ3n) is 3.27. The number of rotatable bonds is 8.